The normalized spacial score (nSPS) is 24.2. The van der Waals surface area contributed by atoms with E-state index < -0.39 is 0 Å². The van der Waals surface area contributed by atoms with Crippen LogP contribution in [0.4, 0.5) is 0 Å². The van der Waals surface area contributed by atoms with Crippen molar-refractivity contribution in [1.82, 2.24) is 15.1 Å². The van der Waals surface area contributed by atoms with Crippen molar-refractivity contribution in [3.05, 3.63) is 22.6 Å². The maximum Gasteiger partial charge on any atom is 0.264 e. The van der Waals surface area contributed by atoms with E-state index in [-0.39, 0.29) is 5.56 Å². The second-order valence-corrected chi connectivity index (χ2v) is 3.20. The molecule has 1 atom stereocenters. The molecule has 1 aromatic heterocycles. The number of hydrogen-bond acceptors (Lipinski definition) is 2. The van der Waals surface area contributed by atoms with Crippen LogP contribution >= 0.6 is 0 Å². The number of aromatic amines is 1. The average Bonchev–Trinajstić information content (AvgIpc) is 2.54. The van der Waals surface area contributed by atoms with Crippen LogP contribution in [0.25, 0.3) is 0 Å². The molecule has 1 fully saturated rings. The molecule has 2 rings (SSSR count). The number of nitrogens with zero attached hydrogens (tertiary/aromatic N) is 1. The third kappa shape index (κ3) is 1.43. The lowest BCUT2D eigenvalue weighted by Gasteiger charge is -2.23. The molecule has 0 aliphatic carbocycles. The Bertz CT molecular complexity index is 295. The topological polar surface area (TPSA) is 49.8 Å². The van der Waals surface area contributed by atoms with E-state index in [1.165, 1.54) is 6.42 Å². The highest BCUT2D eigenvalue weighted by Gasteiger charge is 2.13. The molecular weight excluding hydrogens is 154 g/mol. The van der Waals surface area contributed by atoms with E-state index in [9.17, 15) is 4.79 Å². The Kier molecular flexibility index (Phi) is 1.99. The standard InChI is InChI=1S/C8H13N3O/c12-8-3-5-11(10-8)7-2-1-4-9-6-7/h3,5,7,9H,1-2,4,6H2,(H,10,12). The van der Waals surface area contributed by atoms with Gasteiger partial charge in [0.2, 0.25) is 0 Å². The van der Waals surface area contributed by atoms with Gasteiger partial charge in [-0.1, -0.05) is 0 Å². The van der Waals surface area contributed by atoms with Gasteiger partial charge in [-0.3, -0.25) is 14.6 Å². The number of H-pyrrole nitrogens is 1. The van der Waals surface area contributed by atoms with Crippen LogP contribution in [0, 0.1) is 0 Å². The smallest absolute Gasteiger partial charge is 0.264 e. The second-order valence-electron chi connectivity index (χ2n) is 3.20. The summed E-state index contributed by atoms with van der Waals surface area (Å²) in [6.07, 6.45) is 4.16. The van der Waals surface area contributed by atoms with Crippen molar-refractivity contribution in [2.24, 2.45) is 0 Å². The van der Waals surface area contributed by atoms with E-state index in [2.05, 4.69) is 10.4 Å². The van der Waals surface area contributed by atoms with E-state index >= 15 is 0 Å². The molecule has 0 amide bonds. The van der Waals surface area contributed by atoms with Crippen LogP contribution in [0.3, 0.4) is 0 Å². The zero-order chi connectivity index (χ0) is 8.39. The summed E-state index contributed by atoms with van der Waals surface area (Å²) in [6.45, 7) is 2.06. The summed E-state index contributed by atoms with van der Waals surface area (Å²) in [5.74, 6) is 0. The van der Waals surface area contributed by atoms with Gasteiger partial charge in [0.25, 0.3) is 5.56 Å². The number of aromatic nitrogens is 2. The summed E-state index contributed by atoms with van der Waals surface area (Å²) in [4.78, 5) is 10.8. The Morgan fingerprint density at radius 2 is 2.50 bits per heavy atom. The van der Waals surface area contributed by atoms with E-state index in [1.54, 1.807) is 6.07 Å². The molecule has 0 radical (unpaired) electrons. The molecule has 2 heterocycles. The first-order valence-corrected chi connectivity index (χ1v) is 4.34. The van der Waals surface area contributed by atoms with Crippen LogP contribution < -0.4 is 10.9 Å². The Hall–Kier alpha value is -1.03. The molecular formula is C8H13N3O. The maximum atomic E-state index is 10.8. The molecule has 1 unspecified atom stereocenters. The molecule has 0 spiro atoms. The number of nitrogens with one attached hydrogen (secondary N) is 2. The van der Waals surface area contributed by atoms with Crippen molar-refractivity contribution < 1.29 is 0 Å². The van der Waals surface area contributed by atoms with Crippen LogP contribution in [0.15, 0.2) is 17.1 Å². The SMILES string of the molecule is O=c1ccn(C2CCCNC2)[nH]1. The Morgan fingerprint density at radius 3 is 3.08 bits per heavy atom. The fraction of sp³-hybridized carbons (Fsp3) is 0.625. The van der Waals surface area contributed by atoms with Gasteiger partial charge in [0.05, 0.1) is 6.04 Å². The zero-order valence-corrected chi connectivity index (χ0v) is 6.92. The summed E-state index contributed by atoms with van der Waals surface area (Å²) in [5, 5.41) is 6.07. The largest absolute Gasteiger partial charge is 0.315 e. The molecule has 1 aliphatic heterocycles. The first-order valence-electron chi connectivity index (χ1n) is 4.34. The summed E-state index contributed by atoms with van der Waals surface area (Å²) in [5.41, 5.74) is -0.0134. The van der Waals surface area contributed by atoms with Crippen LogP contribution in [-0.4, -0.2) is 22.9 Å². The zero-order valence-electron chi connectivity index (χ0n) is 6.92. The lowest BCUT2D eigenvalue weighted by Crippen LogP contribution is -2.32. The minimum absolute atomic E-state index is 0.0134. The average molecular weight is 167 g/mol. The highest BCUT2D eigenvalue weighted by molar-refractivity contribution is 4.85. The molecule has 1 aliphatic rings. The Morgan fingerprint density at radius 1 is 1.58 bits per heavy atom. The minimum atomic E-state index is -0.0134. The van der Waals surface area contributed by atoms with E-state index in [0.717, 1.165) is 19.5 Å². The third-order valence-corrected chi connectivity index (χ3v) is 2.29. The lowest BCUT2D eigenvalue weighted by atomic mass is 10.1. The van der Waals surface area contributed by atoms with E-state index in [4.69, 9.17) is 0 Å². The highest BCUT2D eigenvalue weighted by Crippen LogP contribution is 2.13. The summed E-state index contributed by atoms with van der Waals surface area (Å²) in [6, 6.07) is 2.00. The van der Waals surface area contributed by atoms with Gasteiger partial charge in [0, 0.05) is 18.8 Å². The molecule has 4 heteroatoms. The predicted octanol–water partition coefficient (Wildman–Crippen LogP) is 0.101. The van der Waals surface area contributed by atoms with Gasteiger partial charge in [-0.05, 0) is 19.4 Å². The van der Waals surface area contributed by atoms with Gasteiger partial charge in [0.1, 0.15) is 0 Å². The van der Waals surface area contributed by atoms with Gasteiger partial charge in [-0.2, -0.15) is 0 Å². The highest BCUT2D eigenvalue weighted by atomic mass is 16.1. The first kappa shape index (κ1) is 7.61. The van der Waals surface area contributed by atoms with E-state index in [1.807, 2.05) is 10.9 Å². The molecule has 1 saturated heterocycles. The van der Waals surface area contributed by atoms with Crippen molar-refractivity contribution in [1.29, 1.82) is 0 Å². The molecule has 0 aromatic carbocycles. The maximum absolute atomic E-state index is 10.8. The van der Waals surface area contributed by atoms with Gasteiger partial charge in [-0.15, -0.1) is 0 Å². The summed E-state index contributed by atoms with van der Waals surface area (Å²) >= 11 is 0. The fourth-order valence-corrected chi connectivity index (χ4v) is 1.63. The molecule has 66 valence electrons. The number of hydrogen-bond donors (Lipinski definition) is 2. The Balaban J connectivity index is 2.13. The molecule has 2 N–H and O–H groups in total. The van der Waals surface area contributed by atoms with Gasteiger partial charge in [0.15, 0.2) is 0 Å². The third-order valence-electron chi connectivity index (χ3n) is 2.29. The van der Waals surface area contributed by atoms with Crippen molar-refractivity contribution >= 4 is 0 Å². The van der Waals surface area contributed by atoms with Crippen LogP contribution in [0.1, 0.15) is 18.9 Å². The molecule has 1 aromatic rings. The number of piperidine rings is 1. The molecule has 4 nitrogen and oxygen atoms in total. The molecule has 0 bridgehead atoms. The second kappa shape index (κ2) is 3.15. The van der Waals surface area contributed by atoms with Crippen molar-refractivity contribution in [3.63, 3.8) is 0 Å². The van der Waals surface area contributed by atoms with Gasteiger partial charge >= 0.3 is 0 Å². The fourth-order valence-electron chi connectivity index (χ4n) is 1.63. The van der Waals surface area contributed by atoms with E-state index in [0.29, 0.717) is 6.04 Å². The summed E-state index contributed by atoms with van der Waals surface area (Å²) < 4.78 is 1.90. The first-order chi connectivity index (χ1) is 5.86. The molecule has 0 saturated carbocycles. The van der Waals surface area contributed by atoms with Crippen LogP contribution in [0.2, 0.25) is 0 Å². The Labute approximate surface area is 70.6 Å². The minimum Gasteiger partial charge on any atom is -0.315 e. The lowest BCUT2D eigenvalue weighted by molar-refractivity contribution is 0.345. The van der Waals surface area contributed by atoms with Crippen LogP contribution in [-0.2, 0) is 0 Å². The predicted molar refractivity (Wildman–Crippen MR) is 46.2 cm³/mol. The summed E-state index contributed by atoms with van der Waals surface area (Å²) in [7, 11) is 0. The molecule has 12 heavy (non-hydrogen) atoms. The van der Waals surface area contributed by atoms with Crippen molar-refractivity contribution in [2.45, 2.75) is 18.9 Å². The van der Waals surface area contributed by atoms with Crippen LogP contribution in [0.5, 0.6) is 0 Å². The van der Waals surface area contributed by atoms with Crippen molar-refractivity contribution in [3.8, 4) is 0 Å². The quantitative estimate of drug-likeness (QED) is 0.623. The van der Waals surface area contributed by atoms with Gasteiger partial charge in [-0.25, -0.2) is 0 Å². The van der Waals surface area contributed by atoms with Crippen molar-refractivity contribution in [2.75, 3.05) is 13.1 Å². The monoisotopic (exact) mass is 167 g/mol. The van der Waals surface area contributed by atoms with Gasteiger partial charge < -0.3 is 5.32 Å². The number of rotatable bonds is 1.